The standard InChI is InChI=1S/C2H4O2.Ce.4H2O/c1-2(3)4;;;;;/h1H3,(H,3,4);;4*1H2. The fraction of sp³-hybridized carbons (Fsp3) is 0.500. The van der Waals surface area contributed by atoms with Crippen LogP contribution in [0.15, 0.2) is 0 Å². The first-order chi connectivity index (χ1) is 1.73. The molecule has 0 unspecified atom stereocenters. The third kappa shape index (κ3) is 824. The van der Waals surface area contributed by atoms with Gasteiger partial charge in [0.05, 0.1) is 0 Å². The largest absolute Gasteiger partial charge is 0.481 e. The Kier molecular flexibility index (Phi) is 226. The van der Waals surface area contributed by atoms with Crippen LogP contribution in [0.5, 0.6) is 0 Å². The van der Waals surface area contributed by atoms with Gasteiger partial charge in [0.2, 0.25) is 0 Å². The molecule has 0 amide bonds. The van der Waals surface area contributed by atoms with Crippen molar-refractivity contribution in [3.05, 3.63) is 0 Å². The molecule has 0 aliphatic rings. The molecule has 0 bridgehead atoms. The molecular formula is C2H12CeO6. The van der Waals surface area contributed by atoms with Crippen molar-refractivity contribution in [1.29, 1.82) is 0 Å². The molecule has 60 valence electrons. The summed E-state index contributed by atoms with van der Waals surface area (Å²) in [5.41, 5.74) is 0. The Morgan fingerprint density at radius 3 is 1.11 bits per heavy atom. The smallest absolute Gasteiger partial charge is 0.300 e. The predicted molar refractivity (Wildman–Crippen MR) is 27.8 cm³/mol. The fourth-order valence-electron chi connectivity index (χ4n) is 0. The van der Waals surface area contributed by atoms with Gasteiger partial charge >= 0.3 is 0 Å². The topological polar surface area (TPSA) is 163 Å². The van der Waals surface area contributed by atoms with E-state index in [2.05, 4.69) is 0 Å². The van der Waals surface area contributed by atoms with Crippen LogP contribution in [0.4, 0.5) is 0 Å². The zero-order chi connectivity index (χ0) is 3.58. The van der Waals surface area contributed by atoms with Crippen LogP contribution in [0.3, 0.4) is 0 Å². The summed E-state index contributed by atoms with van der Waals surface area (Å²) in [6.07, 6.45) is 0. The van der Waals surface area contributed by atoms with E-state index in [0.29, 0.717) is 0 Å². The van der Waals surface area contributed by atoms with Crippen LogP contribution < -0.4 is 0 Å². The van der Waals surface area contributed by atoms with Crippen LogP contribution in [0, 0.1) is 41.7 Å². The van der Waals surface area contributed by atoms with E-state index in [4.69, 9.17) is 9.90 Å². The maximum atomic E-state index is 9.00. The zero-order valence-corrected chi connectivity index (χ0v) is 8.00. The third-order valence-corrected chi connectivity index (χ3v) is 0. The maximum Gasteiger partial charge on any atom is 0.300 e. The van der Waals surface area contributed by atoms with Gasteiger partial charge in [0, 0.05) is 48.7 Å². The number of rotatable bonds is 0. The average Bonchev–Trinajstić information content (AvgIpc) is 0.811. The van der Waals surface area contributed by atoms with Gasteiger partial charge in [0.25, 0.3) is 5.97 Å². The summed E-state index contributed by atoms with van der Waals surface area (Å²) in [6, 6.07) is 0. The minimum absolute atomic E-state index is 0. The molecule has 0 saturated heterocycles. The van der Waals surface area contributed by atoms with Crippen molar-refractivity contribution in [2.45, 2.75) is 6.92 Å². The van der Waals surface area contributed by atoms with Crippen LogP contribution >= 0.6 is 0 Å². The van der Waals surface area contributed by atoms with E-state index >= 15 is 0 Å². The van der Waals surface area contributed by atoms with Crippen molar-refractivity contribution >= 4 is 5.97 Å². The molecule has 0 heterocycles. The molecule has 0 aromatic carbocycles. The second kappa shape index (κ2) is 37.8. The normalized spacial score (nSPS) is 2.78. The monoisotopic (exact) mass is 272 g/mol. The van der Waals surface area contributed by atoms with Gasteiger partial charge < -0.3 is 27.0 Å². The minimum atomic E-state index is -0.833. The molecule has 9 heavy (non-hydrogen) atoms. The molecule has 0 aromatic rings. The number of hydrogen-bond donors (Lipinski definition) is 1. The Hall–Kier alpha value is 0.687. The first-order valence-corrected chi connectivity index (χ1v) is 0.928. The average molecular weight is 272 g/mol. The minimum Gasteiger partial charge on any atom is -0.481 e. The van der Waals surface area contributed by atoms with Crippen molar-refractivity contribution in [1.82, 2.24) is 0 Å². The summed E-state index contributed by atoms with van der Waals surface area (Å²) in [5, 5.41) is 7.42. The van der Waals surface area contributed by atoms with Gasteiger partial charge in [-0.2, -0.15) is 0 Å². The summed E-state index contributed by atoms with van der Waals surface area (Å²) in [4.78, 5) is 9.00. The van der Waals surface area contributed by atoms with Crippen molar-refractivity contribution < 1.29 is 73.6 Å². The van der Waals surface area contributed by atoms with Crippen molar-refractivity contribution in [2.24, 2.45) is 0 Å². The molecule has 0 saturated carbocycles. The van der Waals surface area contributed by atoms with Crippen LogP contribution in [0.2, 0.25) is 0 Å². The molecule has 0 atom stereocenters. The van der Waals surface area contributed by atoms with Crippen molar-refractivity contribution in [2.75, 3.05) is 0 Å². The van der Waals surface area contributed by atoms with E-state index in [1.165, 1.54) is 0 Å². The summed E-state index contributed by atoms with van der Waals surface area (Å²) in [6.45, 7) is 1.08. The van der Waals surface area contributed by atoms with Gasteiger partial charge in [-0.05, 0) is 0 Å². The number of aliphatic carboxylic acids is 1. The van der Waals surface area contributed by atoms with Gasteiger partial charge in [0.15, 0.2) is 0 Å². The molecule has 6 nitrogen and oxygen atoms in total. The van der Waals surface area contributed by atoms with Crippen LogP contribution in [-0.2, 0) is 4.79 Å². The fourth-order valence-corrected chi connectivity index (χ4v) is 0. The molecule has 0 aliphatic carbocycles. The number of carboxylic acid groups (broad SMARTS) is 1. The first-order valence-electron chi connectivity index (χ1n) is 0.928. The van der Waals surface area contributed by atoms with Gasteiger partial charge in [-0.3, -0.25) is 4.79 Å². The van der Waals surface area contributed by atoms with E-state index in [1.807, 2.05) is 0 Å². The molecule has 0 spiro atoms. The molecule has 7 heteroatoms. The Balaban J connectivity index is -0.00000000450. The summed E-state index contributed by atoms with van der Waals surface area (Å²) in [5.74, 6) is -0.833. The number of carboxylic acids is 1. The van der Waals surface area contributed by atoms with Crippen molar-refractivity contribution in [3.8, 4) is 0 Å². The Labute approximate surface area is 85.9 Å². The SMILES string of the molecule is CC(=O)O.O.O.O.O.[Ce]. The summed E-state index contributed by atoms with van der Waals surface area (Å²) >= 11 is 0. The predicted octanol–water partition coefficient (Wildman–Crippen LogP) is -3.21. The molecule has 0 fully saturated rings. The second-order valence-corrected chi connectivity index (χ2v) is 0.519. The summed E-state index contributed by atoms with van der Waals surface area (Å²) in [7, 11) is 0. The van der Waals surface area contributed by atoms with E-state index in [9.17, 15) is 0 Å². The second-order valence-electron chi connectivity index (χ2n) is 0.519. The molecule has 0 radical (unpaired) electrons. The van der Waals surface area contributed by atoms with Gasteiger partial charge in [-0.15, -0.1) is 0 Å². The molecule has 9 N–H and O–H groups in total. The Morgan fingerprint density at radius 1 is 1.11 bits per heavy atom. The van der Waals surface area contributed by atoms with E-state index < -0.39 is 5.97 Å². The quantitative estimate of drug-likeness (QED) is 0.491. The van der Waals surface area contributed by atoms with Crippen molar-refractivity contribution in [3.63, 3.8) is 0 Å². The van der Waals surface area contributed by atoms with E-state index in [1.54, 1.807) is 0 Å². The van der Waals surface area contributed by atoms with E-state index in [-0.39, 0.29) is 63.7 Å². The van der Waals surface area contributed by atoms with E-state index in [0.717, 1.165) is 6.92 Å². The maximum absolute atomic E-state index is 9.00. The Morgan fingerprint density at radius 2 is 1.11 bits per heavy atom. The molecule has 0 rings (SSSR count). The summed E-state index contributed by atoms with van der Waals surface area (Å²) < 4.78 is 0. The first kappa shape index (κ1) is 53.8. The molecular weight excluding hydrogens is 260 g/mol. The number of hydrogen-bond acceptors (Lipinski definition) is 1. The van der Waals surface area contributed by atoms with Gasteiger partial charge in [-0.1, -0.05) is 0 Å². The van der Waals surface area contributed by atoms with Crippen LogP contribution in [0.25, 0.3) is 0 Å². The van der Waals surface area contributed by atoms with Crippen LogP contribution in [0.1, 0.15) is 6.92 Å². The van der Waals surface area contributed by atoms with Crippen LogP contribution in [-0.4, -0.2) is 33.0 Å². The zero-order valence-electron chi connectivity index (χ0n) is 4.86. The molecule has 0 aliphatic heterocycles. The van der Waals surface area contributed by atoms with Gasteiger partial charge in [-0.25, -0.2) is 0 Å². The van der Waals surface area contributed by atoms with Gasteiger partial charge in [0.1, 0.15) is 0 Å². The number of carbonyl (C=O) groups is 1. The Bertz CT molecular complexity index is 34.0. The third-order valence-electron chi connectivity index (χ3n) is 0. The molecule has 0 aromatic heterocycles.